The molecule has 1 fully saturated rings. The van der Waals surface area contributed by atoms with E-state index in [4.69, 9.17) is 14.8 Å². The number of hydrogen-bond donors (Lipinski definition) is 1. The molecule has 5 heteroatoms. The molecule has 0 aromatic carbocycles. The smallest absolute Gasteiger partial charge is 0.338 e. The van der Waals surface area contributed by atoms with E-state index < -0.39 is 5.97 Å². The second-order valence-corrected chi connectivity index (χ2v) is 4.22. The first-order valence-corrected chi connectivity index (χ1v) is 5.62. The Morgan fingerprint density at radius 3 is 2.94 bits per heavy atom. The van der Waals surface area contributed by atoms with Crippen molar-refractivity contribution in [2.75, 3.05) is 6.54 Å². The molecule has 1 saturated carbocycles. The van der Waals surface area contributed by atoms with E-state index in [1.54, 1.807) is 6.07 Å². The van der Waals surface area contributed by atoms with E-state index in [1.165, 1.54) is 6.26 Å². The normalized spacial score (nSPS) is 14.8. The van der Waals surface area contributed by atoms with E-state index in [1.807, 2.05) is 0 Å². The van der Waals surface area contributed by atoms with Gasteiger partial charge in [-0.05, 0) is 18.9 Å². The monoisotopic (exact) mass is 234 g/mol. The fourth-order valence-electron chi connectivity index (χ4n) is 1.80. The summed E-state index contributed by atoms with van der Waals surface area (Å²) in [5, 5.41) is 17.4. The molecule has 0 unspecified atom stereocenters. The third-order valence-corrected chi connectivity index (χ3v) is 2.83. The molecule has 1 heterocycles. The van der Waals surface area contributed by atoms with Crippen LogP contribution in [0, 0.1) is 11.3 Å². The highest BCUT2D eigenvalue weighted by Gasteiger charge is 2.29. The Morgan fingerprint density at radius 1 is 1.65 bits per heavy atom. The lowest BCUT2D eigenvalue weighted by atomic mass is 10.3. The van der Waals surface area contributed by atoms with Gasteiger partial charge < -0.3 is 9.52 Å². The fraction of sp³-hybridized carbons (Fsp3) is 0.500. The average molecular weight is 234 g/mol. The highest BCUT2D eigenvalue weighted by molar-refractivity contribution is 5.87. The predicted molar refractivity (Wildman–Crippen MR) is 59.3 cm³/mol. The quantitative estimate of drug-likeness (QED) is 0.812. The van der Waals surface area contributed by atoms with Crippen LogP contribution in [0.15, 0.2) is 16.7 Å². The maximum atomic E-state index is 10.7. The zero-order chi connectivity index (χ0) is 12.3. The van der Waals surface area contributed by atoms with Crippen LogP contribution >= 0.6 is 0 Å². The van der Waals surface area contributed by atoms with E-state index in [2.05, 4.69) is 11.0 Å². The number of furan rings is 1. The minimum absolute atomic E-state index is 0.177. The van der Waals surface area contributed by atoms with Gasteiger partial charge in [-0.2, -0.15) is 5.26 Å². The molecule has 17 heavy (non-hydrogen) atoms. The van der Waals surface area contributed by atoms with Crippen molar-refractivity contribution in [1.29, 1.82) is 5.26 Å². The summed E-state index contributed by atoms with van der Waals surface area (Å²) < 4.78 is 5.21. The molecular formula is C12H14N2O3. The molecule has 1 N–H and O–H groups in total. The number of nitriles is 1. The maximum Gasteiger partial charge on any atom is 0.338 e. The molecule has 0 spiro atoms. The second kappa shape index (κ2) is 5.02. The Hall–Kier alpha value is -1.80. The van der Waals surface area contributed by atoms with Gasteiger partial charge in [-0.3, -0.25) is 4.90 Å². The van der Waals surface area contributed by atoms with Crippen molar-refractivity contribution in [3.05, 3.63) is 23.7 Å². The average Bonchev–Trinajstić information content (AvgIpc) is 3.04. The van der Waals surface area contributed by atoms with Crippen molar-refractivity contribution < 1.29 is 14.3 Å². The number of carboxylic acid groups (broad SMARTS) is 1. The summed E-state index contributed by atoms with van der Waals surface area (Å²) in [6, 6.07) is 4.20. The highest BCUT2D eigenvalue weighted by atomic mass is 16.4. The van der Waals surface area contributed by atoms with E-state index in [-0.39, 0.29) is 5.56 Å². The van der Waals surface area contributed by atoms with Crippen LogP contribution in [0.3, 0.4) is 0 Å². The molecule has 0 amide bonds. The van der Waals surface area contributed by atoms with Crippen LogP contribution in [0.2, 0.25) is 0 Å². The zero-order valence-corrected chi connectivity index (χ0v) is 9.43. The number of hydrogen-bond acceptors (Lipinski definition) is 4. The number of nitrogens with zero attached hydrogens (tertiary/aromatic N) is 2. The number of aromatic carboxylic acids is 1. The van der Waals surface area contributed by atoms with Crippen LogP contribution in [-0.2, 0) is 6.54 Å². The minimum atomic E-state index is -0.977. The predicted octanol–water partition coefficient (Wildman–Crippen LogP) is 1.86. The van der Waals surface area contributed by atoms with Crippen LogP contribution in [0.4, 0.5) is 0 Å². The van der Waals surface area contributed by atoms with Crippen LogP contribution in [0.1, 0.15) is 35.4 Å². The first-order valence-electron chi connectivity index (χ1n) is 5.62. The van der Waals surface area contributed by atoms with Gasteiger partial charge in [-0.15, -0.1) is 0 Å². The molecule has 0 bridgehead atoms. The Balaban J connectivity index is 1.96. The van der Waals surface area contributed by atoms with Crippen LogP contribution in [0.25, 0.3) is 0 Å². The largest absolute Gasteiger partial charge is 0.478 e. The van der Waals surface area contributed by atoms with Crippen LogP contribution in [-0.4, -0.2) is 28.6 Å². The zero-order valence-electron chi connectivity index (χ0n) is 9.43. The molecular weight excluding hydrogens is 220 g/mol. The molecule has 0 radical (unpaired) electrons. The van der Waals surface area contributed by atoms with Gasteiger partial charge >= 0.3 is 5.97 Å². The lowest BCUT2D eigenvalue weighted by molar-refractivity contribution is 0.0696. The van der Waals surface area contributed by atoms with E-state index in [9.17, 15) is 4.79 Å². The van der Waals surface area contributed by atoms with Crippen molar-refractivity contribution >= 4 is 5.97 Å². The van der Waals surface area contributed by atoms with Gasteiger partial charge in [0.25, 0.3) is 0 Å². The third kappa shape index (κ3) is 3.08. The molecule has 2 rings (SSSR count). The molecule has 0 aliphatic heterocycles. The first-order chi connectivity index (χ1) is 8.20. The molecule has 90 valence electrons. The van der Waals surface area contributed by atoms with Crippen molar-refractivity contribution in [1.82, 2.24) is 4.90 Å². The molecule has 1 aliphatic rings. The van der Waals surface area contributed by atoms with Gasteiger partial charge in [-0.25, -0.2) is 4.79 Å². The topological polar surface area (TPSA) is 77.5 Å². The second-order valence-electron chi connectivity index (χ2n) is 4.22. The van der Waals surface area contributed by atoms with Gasteiger partial charge in [-0.1, -0.05) is 0 Å². The SMILES string of the molecule is N#CCCN(Cc1cc(C(=O)O)co1)C1CC1. The van der Waals surface area contributed by atoms with E-state index in [0.29, 0.717) is 31.3 Å². The Labute approximate surface area is 99.2 Å². The van der Waals surface area contributed by atoms with Gasteiger partial charge in [0.1, 0.15) is 12.0 Å². The molecule has 0 saturated heterocycles. The Kier molecular flexibility index (Phi) is 3.45. The van der Waals surface area contributed by atoms with Crippen LogP contribution < -0.4 is 0 Å². The highest BCUT2D eigenvalue weighted by Crippen LogP contribution is 2.28. The summed E-state index contributed by atoms with van der Waals surface area (Å²) in [7, 11) is 0. The van der Waals surface area contributed by atoms with Crippen molar-refractivity contribution in [2.45, 2.75) is 31.8 Å². The lowest BCUT2D eigenvalue weighted by Crippen LogP contribution is -2.26. The number of rotatable bonds is 6. The third-order valence-electron chi connectivity index (χ3n) is 2.83. The Morgan fingerprint density at radius 2 is 2.41 bits per heavy atom. The minimum Gasteiger partial charge on any atom is -0.478 e. The number of carboxylic acids is 1. The van der Waals surface area contributed by atoms with E-state index in [0.717, 1.165) is 12.8 Å². The number of carbonyl (C=O) groups is 1. The summed E-state index contributed by atoms with van der Waals surface area (Å²) in [5.74, 6) is -0.331. The van der Waals surface area contributed by atoms with Crippen molar-refractivity contribution in [3.8, 4) is 6.07 Å². The van der Waals surface area contributed by atoms with Gasteiger partial charge in [0.05, 0.1) is 18.2 Å². The van der Waals surface area contributed by atoms with E-state index >= 15 is 0 Å². The molecule has 1 aromatic rings. The fourth-order valence-corrected chi connectivity index (χ4v) is 1.80. The molecule has 5 nitrogen and oxygen atoms in total. The molecule has 1 aromatic heterocycles. The molecule has 0 atom stereocenters. The standard InChI is InChI=1S/C12H14N2O3/c13-4-1-5-14(10-2-3-10)7-11-6-9(8-17-11)12(15)16/h6,8,10H,1-3,5,7H2,(H,15,16). The summed E-state index contributed by atoms with van der Waals surface area (Å²) in [5.41, 5.74) is 0.177. The summed E-state index contributed by atoms with van der Waals surface area (Å²) in [6.07, 6.45) is 4.05. The first kappa shape index (κ1) is 11.7. The summed E-state index contributed by atoms with van der Waals surface area (Å²) in [4.78, 5) is 12.9. The van der Waals surface area contributed by atoms with Gasteiger partial charge in [0.15, 0.2) is 0 Å². The summed E-state index contributed by atoms with van der Waals surface area (Å²) >= 11 is 0. The molecule has 1 aliphatic carbocycles. The van der Waals surface area contributed by atoms with Gasteiger partial charge in [0.2, 0.25) is 0 Å². The van der Waals surface area contributed by atoms with Gasteiger partial charge in [0, 0.05) is 19.0 Å². The maximum absolute atomic E-state index is 10.7. The Bertz CT molecular complexity index is 443. The van der Waals surface area contributed by atoms with Crippen molar-refractivity contribution in [3.63, 3.8) is 0 Å². The summed E-state index contributed by atoms with van der Waals surface area (Å²) in [6.45, 7) is 1.30. The van der Waals surface area contributed by atoms with Crippen molar-refractivity contribution in [2.24, 2.45) is 0 Å². The lowest BCUT2D eigenvalue weighted by Gasteiger charge is -2.18. The van der Waals surface area contributed by atoms with Crippen LogP contribution in [0.5, 0.6) is 0 Å².